The van der Waals surface area contributed by atoms with Gasteiger partial charge < -0.3 is 10.1 Å². The number of Topliss-reactive ketones (excluding diaryl/α,β-unsaturated/α-hetero) is 1. The second kappa shape index (κ2) is 12.4. The molecule has 136 valence electrons. The highest BCUT2D eigenvalue weighted by atomic mass is 127. The van der Waals surface area contributed by atoms with Crippen LogP contribution in [0.5, 0.6) is 0 Å². The summed E-state index contributed by atoms with van der Waals surface area (Å²) in [6.07, 6.45) is 5.82. The first-order chi connectivity index (χ1) is 11.3. The maximum absolute atomic E-state index is 9.68. The van der Waals surface area contributed by atoms with Crippen molar-refractivity contribution in [2.45, 2.75) is 21.3 Å². The SMILES string of the molecule is C.CC(=O)CCl.Cc1cn2cc(I)ccc2n1.Nc1ccc(I)cn1. The number of carbonyl (C=O) groups is 1. The van der Waals surface area contributed by atoms with Crippen molar-refractivity contribution in [3.05, 3.63) is 55.7 Å². The van der Waals surface area contributed by atoms with E-state index in [2.05, 4.69) is 67.4 Å². The maximum Gasteiger partial charge on any atom is 0.144 e. The molecule has 0 unspecified atom stereocenters. The van der Waals surface area contributed by atoms with Crippen LogP contribution in [0.25, 0.3) is 5.65 Å². The molecule has 0 aliphatic rings. The predicted molar refractivity (Wildman–Crippen MR) is 122 cm³/mol. The molecule has 3 heterocycles. The molecule has 25 heavy (non-hydrogen) atoms. The van der Waals surface area contributed by atoms with Gasteiger partial charge >= 0.3 is 0 Å². The van der Waals surface area contributed by atoms with Crippen LogP contribution >= 0.6 is 56.8 Å². The van der Waals surface area contributed by atoms with E-state index in [1.54, 1.807) is 12.3 Å². The van der Waals surface area contributed by atoms with Crippen molar-refractivity contribution in [3.63, 3.8) is 0 Å². The van der Waals surface area contributed by atoms with Crippen LogP contribution in [0.3, 0.4) is 0 Å². The normalized spacial score (nSPS) is 9.16. The number of aromatic nitrogens is 3. The molecule has 3 aromatic rings. The minimum absolute atomic E-state index is 0. The number of anilines is 1. The summed E-state index contributed by atoms with van der Waals surface area (Å²) < 4.78 is 4.38. The van der Waals surface area contributed by atoms with Crippen molar-refractivity contribution in [2.24, 2.45) is 0 Å². The zero-order chi connectivity index (χ0) is 18.1. The highest BCUT2D eigenvalue weighted by Gasteiger charge is 1.95. The summed E-state index contributed by atoms with van der Waals surface area (Å²) in [4.78, 5) is 17.8. The molecule has 0 spiro atoms. The number of pyridine rings is 2. The standard InChI is InChI=1S/C8H7IN2.C5H5IN2.C3H5ClO.CH4/c1-6-4-11-5-7(9)2-3-8(11)10-6;6-4-1-2-5(7)8-3-4;1-3(5)2-4;/h2-5H,1H3;1-3H,(H2,7,8);2H2,1H3;1H4. The first-order valence-corrected chi connectivity index (χ1v) is 9.54. The Kier molecular flexibility index (Phi) is 12.0. The summed E-state index contributed by atoms with van der Waals surface area (Å²) in [5.74, 6) is 0.733. The molecule has 0 radical (unpaired) electrons. The Morgan fingerprint density at radius 1 is 1.20 bits per heavy atom. The van der Waals surface area contributed by atoms with Gasteiger partial charge in [0.1, 0.15) is 17.2 Å². The van der Waals surface area contributed by atoms with Gasteiger partial charge in [0.2, 0.25) is 0 Å². The smallest absolute Gasteiger partial charge is 0.144 e. The van der Waals surface area contributed by atoms with Crippen molar-refractivity contribution in [3.8, 4) is 0 Å². The number of imidazole rings is 1. The number of fused-ring (bicyclic) bond motifs is 1. The van der Waals surface area contributed by atoms with E-state index in [-0.39, 0.29) is 19.1 Å². The number of hydrogen-bond acceptors (Lipinski definition) is 4. The number of rotatable bonds is 1. The van der Waals surface area contributed by atoms with Crippen LogP contribution in [0, 0.1) is 14.1 Å². The van der Waals surface area contributed by atoms with Crippen LogP contribution in [-0.2, 0) is 4.79 Å². The summed E-state index contributed by atoms with van der Waals surface area (Å²) >= 11 is 9.45. The van der Waals surface area contributed by atoms with Crippen LogP contribution in [-0.4, -0.2) is 26.0 Å². The molecule has 2 N–H and O–H groups in total. The van der Waals surface area contributed by atoms with Gasteiger partial charge in [0.05, 0.1) is 11.6 Å². The molecule has 3 aromatic heterocycles. The molecule has 0 saturated heterocycles. The number of hydrogen-bond donors (Lipinski definition) is 1. The van der Waals surface area contributed by atoms with Gasteiger partial charge in [-0.1, -0.05) is 7.43 Å². The highest BCUT2D eigenvalue weighted by Crippen LogP contribution is 2.08. The van der Waals surface area contributed by atoms with Crippen LogP contribution < -0.4 is 5.73 Å². The Balaban J connectivity index is 0.000000367. The van der Waals surface area contributed by atoms with Gasteiger partial charge in [-0.25, -0.2) is 9.97 Å². The number of nitrogens with zero attached hydrogens (tertiary/aromatic N) is 3. The molecule has 8 heteroatoms. The number of aryl methyl sites for hydroxylation is 1. The Morgan fingerprint density at radius 3 is 2.28 bits per heavy atom. The van der Waals surface area contributed by atoms with Crippen molar-refractivity contribution >= 4 is 74.0 Å². The molecule has 0 saturated carbocycles. The third kappa shape index (κ3) is 9.95. The minimum Gasteiger partial charge on any atom is -0.384 e. The third-order valence-corrected chi connectivity index (χ3v) is 4.13. The number of alkyl halides is 1. The highest BCUT2D eigenvalue weighted by molar-refractivity contribution is 14.1. The van der Waals surface area contributed by atoms with Crippen LogP contribution in [0.1, 0.15) is 20.0 Å². The molecule has 0 atom stereocenters. The summed E-state index contributed by atoms with van der Waals surface area (Å²) in [5, 5.41) is 0. The number of halogens is 3. The number of ketones is 1. The molecule has 0 aliphatic heterocycles. The van der Waals surface area contributed by atoms with E-state index in [0.717, 1.165) is 14.9 Å². The topological polar surface area (TPSA) is 73.3 Å². The monoisotopic (exact) mass is 586 g/mol. The van der Waals surface area contributed by atoms with E-state index in [1.807, 2.05) is 29.7 Å². The lowest BCUT2D eigenvalue weighted by atomic mass is 10.5. The number of nitrogens with two attached hydrogens (primary N) is 1. The Hall–Kier alpha value is -0.940. The van der Waals surface area contributed by atoms with E-state index in [9.17, 15) is 4.79 Å². The summed E-state index contributed by atoms with van der Waals surface area (Å²) in [5.41, 5.74) is 7.39. The zero-order valence-electron chi connectivity index (χ0n) is 13.2. The van der Waals surface area contributed by atoms with E-state index >= 15 is 0 Å². The lowest BCUT2D eigenvalue weighted by Gasteiger charge is -1.91. The molecule has 3 rings (SSSR count). The van der Waals surface area contributed by atoms with Crippen LogP contribution in [0.4, 0.5) is 5.82 Å². The van der Waals surface area contributed by atoms with Gasteiger partial charge in [-0.2, -0.15) is 0 Å². The summed E-state index contributed by atoms with van der Waals surface area (Å²) in [6.45, 7) is 3.45. The first kappa shape index (κ1) is 24.1. The van der Waals surface area contributed by atoms with Crippen LogP contribution in [0.2, 0.25) is 0 Å². The van der Waals surface area contributed by atoms with E-state index in [0.29, 0.717) is 5.82 Å². The molecule has 0 aliphatic carbocycles. The fourth-order valence-corrected chi connectivity index (χ4v) is 2.28. The quantitative estimate of drug-likeness (QED) is 0.323. The van der Waals surface area contributed by atoms with Crippen molar-refractivity contribution < 1.29 is 4.79 Å². The molecular weight excluding hydrogens is 565 g/mol. The molecule has 0 fully saturated rings. The molecule has 5 nitrogen and oxygen atoms in total. The van der Waals surface area contributed by atoms with Gasteiger partial charge in [-0.05, 0) is 83.3 Å². The number of carbonyl (C=O) groups excluding carboxylic acids is 1. The maximum atomic E-state index is 9.68. The van der Waals surface area contributed by atoms with Gasteiger partial charge in [0.25, 0.3) is 0 Å². The number of nitrogen functional groups attached to an aromatic ring is 1. The summed E-state index contributed by atoms with van der Waals surface area (Å²) in [7, 11) is 0. The molecular formula is C17H21ClI2N4O. The predicted octanol–water partition coefficient (Wildman–Crippen LogP) is 4.97. The van der Waals surface area contributed by atoms with E-state index in [4.69, 9.17) is 17.3 Å². The van der Waals surface area contributed by atoms with Gasteiger partial charge in [-0.15, -0.1) is 11.6 Å². The first-order valence-electron chi connectivity index (χ1n) is 6.85. The molecule has 0 bridgehead atoms. The molecule has 0 amide bonds. The Bertz CT molecular complexity index is 770. The Morgan fingerprint density at radius 2 is 1.80 bits per heavy atom. The fraction of sp³-hybridized carbons (Fsp3) is 0.235. The van der Waals surface area contributed by atoms with Crippen molar-refractivity contribution in [1.29, 1.82) is 0 Å². The second-order valence-electron chi connectivity index (χ2n) is 4.73. The van der Waals surface area contributed by atoms with E-state index < -0.39 is 0 Å². The van der Waals surface area contributed by atoms with Crippen molar-refractivity contribution in [1.82, 2.24) is 14.4 Å². The Labute approximate surface area is 180 Å². The van der Waals surface area contributed by atoms with E-state index in [1.165, 1.54) is 10.5 Å². The average Bonchev–Trinajstić information content (AvgIpc) is 2.90. The van der Waals surface area contributed by atoms with Gasteiger partial charge in [-0.3, -0.25) is 4.79 Å². The lowest BCUT2D eigenvalue weighted by molar-refractivity contribution is -0.114. The summed E-state index contributed by atoms with van der Waals surface area (Å²) in [6, 6.07) is 7.78. The molecule has 0 aromatic carbocycles. The largest absolute Gasteiger partial charge is 0.384 e. The lowest BCUT2D eigenvalue weighted by Crippen LogP contribution is -1.87. The van der Waals surface area contributed by atoms with Crippen molar-refractivity contribution in [2.75, 3.05) is 11.6 Å². The van der Waals surface area contributed by atoms with Gasteiger partial charge in [0, 0.05) is 25.7 Å². The van der Waals surface area contributed by atoms with Gasteiger partial charge in [0.15, 0.2) is 0 Å². The fourth-order valence-electron chi connectivity index (χ4n) is 1.48. The zero-order valence-corrected chi connectivity index (χ0v) is 18.3. The average molecular weight is 587 g/mol. The van der Waals surface area contributed by atoms with Crippen LogP contribution in [0.15, 0.2) is 42.9 Å². The minimum atomic E-state index is 0. The second-order valence-corrected chi connectivity index (χ2v) is 7.49. The third-order valence-electron chi connectivity index (χ3n) is 2.47.